The van der Waals surface area contributed by atoms with E-state index in [9.17, 15) is 0 Å². The number of ether oxygens (including phenoxy) is 1. The summed E-state index contributed by atoms with van der Waals surface area (Å²) in [4.78, 5) is 4.01. The predicted octanol–water partition coefficient (Wildman–Crippen LogP) is 1.10. The Morgan fingerprint density at radius 2 is 2.31 bits per heavy atom. The Morgan fingerprint density at radius 3 is 2.85 bits per heavy atom. The molecule has 0 bridgehead atoms. The van der Waals surface area contributed by atoms with Gasteiger partial charge in [-0.1, -0.05) is 0 Å². The first kappa shape index (κ1) is 10.2. The van der Waals surface area contributed by atoms with Crippen LogP contribution in [-0.4, -0.2) is 17.7 Å². The van der Waals surface area contributed by atoms with Crippen molar-refractivity contribution in [3.63, 3.8) is 0 Å². The van der Waals surface area contributed by atoms with Gasteiger partial charge in [0.25, 0.3) is 0 Å². The van der Waals surface area contributed by atoms with E-state index >= 15 is 0 Å². The van der Waals surface area contributed by atoms with Gasteiger partial charge in [-0.2, -0.15) is 0 Å². The molecule has 4 nitrogen and oxygen atoms in total. The van der Waals surface area contributed by atoms with Gasteiger partial charge in [0, 0.05) is 20.1 Å². The quantitative estimate of drug-likeness (QED) is 0.761. The molecule has 74 valence electrons. The predicted molar refractivity (Wildman–Crippen MR) is 49.2 cm³/mol. The van der Waals surface area contributed by atoms with Gasteiger partial charge in [-0.25, -0.2) is 4.98 Å². The molecule has 0 aliphatic carbocycles. The minimum absolute atomic E-state index is 0.233. The number of aromatic nitrogens is 1. The Morgan fingerprint density at radius 1 is 1.62 bits per heavy atom. The monoisotopic (exact) mass is 184 g/mol. The van der Waals surface area contributed by atoms with Crippen LogP contribution in [0.2, 0.25) is 0 Å². The number of hydrogen-bond acceptors (Lipinski definition) is 4. The van der Waals surface area contributed by atoms with E-state index in [2.05, 4.69) is 4.98 Å². The number of nitrogens with two attached hydrogens (primary N) is 1. The minimum Gasteiger partial charge on any atom is -0.448 e. The van der Waals surface area contributed by atoms with Crippen molar-refractivity contribution in [3.05, 3.63) is 17.8 Å². The lowest BCUT2D eigenvalue weighted by atomic mass is 10.0. The van der Waals surface area contributed by atoms with Crippen LogP contribution in [0.5, 0.6) is 0 Å². The third-order valence-electron chi connectivity index (χ3n) is 2.06. The van der Waals surface area contributed by atoms with Crippen molar-refractivity contribution in [1.82, 2.24) is 4.98 Å². The molecule has 4 heteroatoms. The summed E-state index contributed by atoms with van der Waals surface area (Å²) < 4.78 is 10.5. The summed E-state index contributed by atoms with van der Waals surface area (Å²) in [6.45, 7) is 4.40. The SMILES string of the molecule is COC(C)(C)Cc1ocnc1CN. The maximum Gasteiger partial charge on any atom is 0.181 e. The highest BCUT2D eigenvalue weighted by atomic mass is 16.5. The maximum atomic E-state index is 5.49. The summed E-state index contributed by atoms with van der Waals surface area (Å²) >= 11 is 0. The van der Waals surface area contributed by atoms with Crippen molar-refractivity contribution in [2.75, 3.05) is 7.11 Å². The fourth-order valence-electron chi connectivity index (χ4n) is 1.06. The highest BCUT2D eigenvalue weighted by molar-refractivity contribution is 5.09. The molecule has 1 heterocycles. The summed E-state index contributed by atoms with van der Waals surface area (Å²) in [5, 5.41) is 0. The van der Waals surface area contributed by atoms with Crippen molar-refractivity contribution in [2.24, 2.45) is 5.73 Å². The molecule has 0 saturated heterocycles. The molecular formula is C9H16N2O2. The first-order valence-corrected chi connectivity index (χ1v) is 4.25. The van der Waals surface area contributed by atoms with Crippen molar-refractivity contribution < 1.29 is 9.15 Å². The normalized spacial score (nSPS) is 12.0. The standard InChI is InChI=1S/C9H16N2O2/c1-9(2,12-3)4-8-7(5-10)11-6-13-8/h6H,4-5,10H2,1-3H3. The second kappa shape index (κ2) is 3.89. The Labute approximate surface area is 78.1 Å². The van der Waals surface area contributed by atoms with Crippen LogP contribution in [0.4, 0.5) is 0 Å². The van der Waals surface area contributed by atoms with Crippen molar-refractivity contribution in [1.29, 1.82) is 0 Å². The van der Waals surface area contributed by atoms with E-state index in [4.69, 9.17) is 14.9 Å². The second-order valence-corrected chi connectivity index (χ2v) is 3.57. The number of methoxy groups -OCH3 is 1. The molecule has 0 aliphatic rings. The van der Waals surface area contributed by atoms with Gasteiger partial charge >= 0.3 is 0 Å². The lowest BCUT2D eigenvalue weighted by Gasteiger charge is -2.21. The van der Waals surface area contributed by atoms with Crippen LogP contribution in [-0.2, 0) is 17.7 Å². The lowest BCUT2D eigenvalue weighted by molar-refractivity contribution is 0.0189. The first-order valence-electron chi connectivity index (χ1n) is 4.25. The van der Waals surface area contributed by atoms with Gasteiger partial charge in [-0.3, -0.25) is 0 Å². The van der Waals surface area contributed by atoms with Crippen molar-refractivity contribution >= 4 is 0 Å². The van der Waals surface area contributed by atoms with Gasteiger partial charge in [0.15, 0.2) is 6.39 Å². The molecular weight excluding hydrogens is 168 g/mol. The van der Waals surface area contributed by atoms with E-state index in [1.165, 1.54) is 6.39 Å². The third-order valence-corrected chi connectivity index (χ3v) is 2.06. The zero-order valence-corrected chi connectivity index (χ0v) is 8.33. The van der Waals surface area contributed by atoms with Crippen LogP contribution in [0, 0.1) is 0 Å². The number of rotatable bonds is 4. The Bertz CT molecular complexity index is 268. The van der Waals surface area contributed by atoms with Gasteiger partial charge in [0.1, 0.15) is 5.76 Å². The van der Waals surface area contributed by atoms with Crippen LogP contribution in [0.25, 0.3) is 0 Å². The highest BCUT2D eigenvalue weighted by Crippen LogP contribution is 2.18. The maximum absolute atomic E-state index is 5.49. The number of nitrogens with zero attached hydrogens (tertiary/aromatic N) is 1. The van der Waals surface area contributed by atoms with Crippen LogP contribution in [0.1, 0.15) is 25.3 Å². The van der Waals surface area contributed by atoms with Crippen molar-refractivity contribution in [2.45, 2.75) is 32.4 Å². The topological polar surface area (TPSA) is 61.3 Å². The molecule has 0 radical (unpaired) electrons. The van der Waals surface area contributed by atoms with Gasteiger partial charge in [-0.15, -0.1) is 0 Å². The molecule has 0 amide bonds. The van der Waals surface area contributed by atoms with Crippen molar-refractivity contribution in [3.8, 4) is 0 Å². The zero-order valence-electron chi connectivity index (χ0n) is 8.33. The molecule has 0 unspecified atom stereocenters. The molecule has 13 heavy (non-hydrogen) atoms. The van der Waals surface area contributed by atoms with Gasteiger partial charge < -0.3 is 14.9 Å². The van der Waals surface area contributed by atoms with E-state index in [0.717, 1.165) is 11.5 Å². The molecule has 1 aromatic rings. The first-order chi connectivity index (χ1) is 6.09. The summed E-state index contributed by atoms with van der Waals surface area (Å²) in [7, 11) is 1.68. The summed E-state index contributed by atoms with van der Waals surface area (Å²) in [5.74, 6) is 0.814. The molecule has 0 spiro atoms. The average Bonchev–Trinajstić information content (AvgIpc) is 2.51. The summed E-state index contributed by atoms with van der Waals surface area (Å²) in [6, 6.07) is 0. The lowest BCUT2D eigenvalue weighted by Crippen LogP contribution is -2.26. The molecule has 0 saturated carbocycles. The molecule has 0 atom stereocenters. The van der Waals surface area contributed by atoms with E-state index in [-0.39, 0.29) is 5.60 Å². The van der Waals surface area contributed by atoms with Gasteiger partial charge in [-0.05, 0) is 13.8 Å². The van der Waals surface area contributed by atoms with Crippen LogP contribution in [0.15, 0.2) is 10.8 Å². The molecule has 1 rings (SSSR count). The van der Waals surface area contributed by atoms with Gasteiger partial charge in [0.2, 0.25) is 0 Å². The van der Waals surface area contributed by atoms with E-state index in [1.807, 2.05) is 13.8 Å². The second-order valence-electron chi connectivity index (χ2n) is 3.57. The molecule has 0 aromatic carbocycles. The third kappa shape index (κ3) is 2.54. The Hall–Kier alpha value is -0.870. The van der Waals surface area contributed by atoms with Crippen LogP contribution in [0.3, 0.4) is 0 Å². The average molecular weight is 184 g/mol. The fourth-order valence-corrected chi connectivity index (χ4v) is 1.06. The summed E-state index contributed by atoms with van der Waals surface area (Å²) in [6.07, 6.45) is 2.11. The van der Waals surface area contributed by atoms with Gasteiger partial charge in [0.05, 0.1) is 11.3 Å². The van der Waals surface area contributed by atoms with Crippen LogP contribution >= 0.6 is 0 Å². The highest BCUT2D eigenvalue weighted by Gasteiger charge is 2.21. The molecule has 0 aliphatic heterocycles. The zero-order chi connectivity index (χ0) is 9.90. The molecule has 0 fully saturated rings. The summed E-state index contributed by atoms with van der Waals surface area (Å²) in [5.41, 5.74) is 6.07. The Balaban J connectivity index is 2.73. The van der Waals surface area contributed by atoms with E-state index in [1.54, 1.807) is 7.11 Å². The van der Waals surface area contributed by atoms with E-state index in [0.29, 0.717) is 13.0 Å². The smallest absolute Gasteiger partial charge is 0.181 e. The molecule has 1 aromatic heterocycles. The molecule has 2 N–H and O–H groups in total. The Kier molecular flexibility index (Phi) is 3.06. The van der Waals surface area contributed by atoms with E-state index < -0.39 is 0 Å². The number of hydrogen-bond donors (Lipinski definition) is 1. The largest absolute Gasteiger partial charge is 0.448 e. The number of oxazole rings is 1. The fraction of sp³-hybridized carbons (Fsp3) is 0.667. The van der Waals surface area contributed by atoms with Crippen LogP contribution < -0.4 is 5.73 Å². The minimum atomic E-state index is -0.233.